The lowest BCUT2D eigenvalue weighted by molar-refractivity contribution is -0.244. The highest BCUT2D eigenvalue weighted by Gasteiger charge is 2.76. The van der Waals surface area contributed by atoms with E-state index in [1.807, 2.05) is 0 Å². The number of rotatable bonds is 3. The van der Waals surface area contributed by atoms with E-state index >= 15 is 0 Å². The molecule has 0 amide bonds. The number of carbonyl (C=O) groups is 2. The van der Waals surface area contributed by atoms with Crippen molar-refractivity contribution in [2.24, 2.45) is 16.7 Å². The highest BCUT2D eigenvalue weighted by atomic mass is 16.6. The maximum Gasteiger partial charge on any atom is 0.303 e. The summed E-state index contributed by atoms with van der Waals surface area (Å²) in [4.78, 5) is 24.0. The van der Waals surface area contributed by atoms with Crippen molar-refractivity contribution in [3.05, 3.63) is 23.3 Å². The molecule has 10 atom stereocenters. The second-order valence-electron chi connectivity index (χ2n) is 10.4. The predicted octanol–water partition coefficient (Wildman–Crippen LogP) is 0.385. The van der Waals surface area contributed by atoms with Crippen molar-refractivity contribution >= 4 is 11.9 Å². The van der Waals surface area contributed by atoms with Gasteiger partial charge < -0.3 is 34.6 Å². The van der Waals surface area contributed by atoms with Crippen LogP contribution in [0.2, 0.25) is 0 Å². The number of esters is 2. The van der Waals surface area contributed by atoms with Gasteiger partial charge in [0, 0.05) is 43.4 Å². The Hall–Kier alpha value is -1.78. The number of hydrogen-bond donors (Lipinski definition) is 4. The number of carbonyl (C=O) groups excluding carboxylic acids is 2. The van der Waals surface area contributed by atoms with Crippen LogP contribution in [0.15, 0.2) is 23.3 Å². The molecule has 9 nitrogen and oxygen atoms in total. The van der Waals surface area contributed by atoms with Gasteiger partial charge in [0.15, 0.2) is 5.60 Å². The van der Waals surface area contributed by atoms with Gasteiger partial charge in [0.05, 0.1) is 31.0 Å². The van der Waals surface area contributed by atoms with E-state index < -0.39 is 70.9 Å². The third kappa shape index (κ3) is 2.96. The van der Waals surface area contributed by atoms with Crippen molar-refractivity contribution in [1.29, 1.82) is 0 Å². The molecule has 1 heterocycles. The molecule has 4 N–H and O–H groups in total. The van der Waals surface area contributed by atoms with Gasteiger partial charge in [-0.2, -0.15) is 0 Å². The summed E-state index contributed by atoms with van der Waals surface area (Å²) in [5.41, 5.74) is -2.35. The molecule has 0 aromatic carbocycles. The Kier molecular flexibility index (Phi) is 5.62. The van der Waals surface area contributed by atoms with Crippen LogP contribution in [0.5, 0.6) is 0 Å². The molecular weight excluding hydrogens is 432 g/mol. The molecule has 3 fully saturated rings. The Morgan fingerprint density at radius 1 is 1.09 bits per heavy atom. The normalized spacial score (nSPS) is 48.6. The maximum atomic E-state index is 12.2. The third-order valence-corrected chi connectivity index (χ3v) is 8.73. The molecule has 0 aromatic heterocycles. The highest BCUT2D eigenvalue weighted by Crippen LogP contribution is 2.67. The quantitative estimate of drug-likeness (QED) is 0.343. The second-order valence-corrected chi connectivity index (χ2v) is 10.4. The van der Waals surface area contributed by atoms with E-state index in [0.29, 0.717) is 16.7 Å². The zero-order valence-electron chi connectivity index (χ0n) is 19.7. The standard InChI is InChI=1S/C24H34O9/c1-10(2)23-8-14(32-12(4)25)11(3)17(23)18(29)20(30)22(6)15(27)7-16(28)24(33-13(5)26)9-31-21(23)19(22)24/h14-16,18-21,27-30H,1,7-9H2,2-6H3. The molecule has 0 radical (unpaired) electrons. The van der Waals surface area contributed by atoms with Gasteiger partial charge in [0.25, 0.3) is 0 Å². The van der Waals surface area contributed by atoms with Crippen molar-refractivity contribution < 1.29 is 44.2 Å². The molecule has 3 aliphatic carbocycles. The smallest absolute Gasteiger partial charge is 0.303 e. The summed E-state index contributed by atoms with van der Waals surface area (Å²) in [7, 11) is 0. The summed E-state index contributed by atoms with van der Waals surface area (Å²) in [6.07, 6.45) is -6.80. The minimum Gasteiger partial charge on any atom is -0.458 e. The van der Waals surface area contributed by atoms with Gasteiger partial charge in [-0.05, 0) is 25.0 Å². The molecular formula is C24H34O9. The van der Waals surface area contributed by atoms with E-state index in [1.165, 1.54) is 13.8 Å². The Morgan fingerprint density at radius 3 is 2.27 bits per heavy atom. The van der Waals surface area contributed by atoms with Crippen LogP contribution in [0.1, 0.15) is 47.5 Å². The lowest BCUT2D eigenvalue weighted by atomic mass is 9.53. The van der Waals surface area contributed by atoms with Crippen molar-refractivity contribution in [1.82, 2.24) is 0 Å². The Balaban J connectivity index is 2.01. The molecule has 1 aliphatic heterocycles. The fourth-order valence-corrected chi connectivity index (χ4v) is 7.25. The molecule has 0 bridgehead atoms. The second kappa shape index (κ2) is 7.61. The first-order chi connectivity index (χ1) is 15.2. The molecule has 4 rings (SSSR count). The van der Waals surface area contributed by atoms with E-state index in [1.54, 1.807) is 20.8 Å². The average Bonchev–Trinajstić information content (AvgIpc) is 3.20. The SMILES string of the molecule is C=C(C)C12CC(OC(C)=O)C(C)=C1C(O)C(O)C1(C)C(O)CC(O)C3(OC(C)=O)COC2C31. The molecule has 4 aliphatic rings. The van der Waals surface area contributed by atoms with Crippen LogP contribution in [-0.2, 0) is 23.8 Å². The average molecular weight is 467 g/mol. The monoisotopic (exact) mass is 466 g/mol. The van der Waals surface area contributed by atoms with Crippen molar-refractivity contribution in [2.75, 3.05) is 6.61 Å². The van der Waals surface area contributed by atoms with Crippen LogP contribution in [0.25, 0.3) is 0 Å². The van der Waals surface area contributed by atoms with Crippen molar-refractivity contribution in [3.63, 3.8) is 0 Å². The molecule has 184 valence electrons. The van der Waals surface area contributed by atoms with E-state index in [4.69, 9.17) is 14.2 Å². The van der Waals surface area contributed by atoms with Crippen LogP contribution in [-0.4, -0.2) is 81.2 Å². The van der Waals surface area contributed by atoms with Crippen LogP contribution in [0.3, 0.4) is 0 Å². The maximum absolute atomic E-state index is 12.2. The van der Waals surface area contributed by atoms with Crippen LogP contribution < -0.4 is 0 Å². The summed E-state index contributed by atoms with van der Waals surface area (Å²) >= 11 is 0. The van der Waals surface area contributed by atoms with Gasteiger partial charge in [-0.1, -0.05) is 19.1 Å². The van der Waals surface area contributed by atoms with E-state index in [9.17, 15) is 30.0 Å². The zero-order valence-corrected chi connectivity index (χ0v) is 19.7. The van der Waals surface area contributed by atoms with Gasteiger partial charge in [-0.25, -0.2) is 0 Å². The minimum absolute atomic E-state index is 0.145. The van der Waals surface area contributed by atoms with Crippen molar-refractivity contribution in [3.8, 4) is 0 Å². The molecule has 1 saturated heterocycles. The first-order valence-electron chi connectivity index (χ1n) is 11.3. The predicted molar refractivity (Wildman–Crippen MR) is 115 cm³/mol. The molecule has 10 unspecified atom stereocenters. The number of fused-ring (bicyclic) bond motifs is 2. The summed E-state index contributed by atoms with van der Waals surface area (Å²) in [5, 5.41) is 45.3. The Morgan fingerprint density at radius 2 is 1.73 bits per heavy atom. The van der Waals surface area contributed by atoms with E-state index in [0.717, 1.165) is 0 Å². The van der Waals surface area contributed by atoms with Crippen molar-refractivity contribution in [2.45, 2.75) is 89.7 Å². The summed E-state index contributed by atoms with van der Waals surface area (Å²) in [6, 6.07) is 0. The van der Waals surface area contributed by atoms with Crippen LogP contribution >= 0.6 is 0 Å². The van der Waals surface area contributed by atoms with Crippen LogP contribution in [0, 0.1) is 16.7 Å². The lowest BCUT2D eigenvalue weighted by Crippen LogP contribution is -2.69. The lowest BCUT2D eigenvalue weighted by Gasteiger charge is -2.56. The molecule has 0 spiro atoms. The molecule has 9 heteroatoms. The Bertz CT molecular complexity index is 927. The number of ether oxygens (including phenoxy) is 3. The van der Waals surface area contributed by atoms with Gasteiger partial charge in [0.1, 0.15) is 12.2 Å². The van der Waals surface area contributed by atoms with E-state index in [-0.39, 0.29) is 19.4 Å². The number of aliphatic hydroxyl groups excluding tert-OH is 4. The van der Waals surface area contributed by atoms with Gasteiger partial charge in [-0.15, -0.1) is 0 Å². The summed E-state index contributed by atoms with van der Waals surface area (Å²) in [6.45, 7) is 11.7. The van der Waals surface area contributed by atoms with E-state index in [2.05, 4.69) is 6.58 Å². The molecule has 2 saturated carbocycles. The van der Waals surface area contributed by atoms with Gasteiger partial charge >= 0.3 is 11.9 Å². The number of aliphatic hydroxyl groups is 4. The number of hydrogen-bond acceptors (Lipinski definition) is 9. The summed E-state index contributed by atoms with van der Waals surface area (Å²) in [5.74, 6) is -1.99. The molecule has 0 aromatic rings. The highest BCUT2D eigenvalue weighted by molar-refractivity contribution is 5.67. The zero-order chi connectivity index (χ0) is 24.7. The first-order valence-corrected chi connectivity index (χ1v) is 11.3. The minimum atomic E-state index is -1.53. The summed E-state index contributed by atoms with van der Waals surface area (Å²) < 4.78 is 17.6. The van der Waals surface area contributed by atoms with Gasteiger partial charge in [-0.3, -0.25) is 9.59 Å². The fourth-order valence-electron chi connectivity index (χ4n) is 7.25. The topological polar surface area (TPSA) is 143 Å². The van der Waals surface area contributed by atoms with Crippen LogP contribution in [0.4, 0.5) is 0 Å². The Labute approximate surface area is 193 Å². The molecule has 33 heavy (non-hydrogen) atoms. The fraction of sp³-hybridized carbons (Fsp3) is 0.750. The first kappa shape index (κ1) is 24.3. The van der Waals surface area contributed by atoms with Gasteiger partial charge in [0.2, 0.25) is 0 Å². The third-order valence-electron chi connectivity index (χ3n) is 8.73. The largest absolute Gasteiger partial charge is 0.458 e.